The molecule has 2 aromatic rings. The van der Waals surface area contributed by atoms with Crippen molar-refractivity contribution in [3.8, 4) is 6.07 Å². The van der Waals surface area contributed by atoms with Crippen molar-refractivity contribution in [1.82, 2.24) is 9.97 Å². The van der Waals surface area contributed by atoms with E-state index >= 15 is 0 Å². The second-order valence-corrected chi connectivity index (χ2v) is 8.33. The van der Waals surface area contributed by atoms with E-state index in [2.05, 4.69) is 21.4 Å². The monoisotopic (exact) mass is 449 g/mol. The molecular weight excluding hydrogens is 422 g/mol. The molecule has 0 saturated carbocycles. The fourth-order valence-corrected chi connectivity index (χ4v) is 4.56. The van der Waals surface area contributed by atoms with Crippen LogP contribution in [0.1, 0.15) is 49.3 Å². The van der Waals surface area contributed by atoms with Crippen LogP contribution in [-0.2, 0) is 20.7 Å². The van der Waals surface area contributed by atoms with Gasteiger partial charge in [0, 0.05) is 19.0 Å². The summed E-state index contributed by atoms with van der Waals surface area (Å²) in [5.41, 5.74) is 1.76. The summed E-state index contributed by atoms with van der Waals surface area (Å²) in [6.07, 6.45) is 2.05. The third kappa shape index (κ3) is 4.33. The number of H-pyrrole nitrogens is 1. The topological polar surface area (TPSA) is 128 Å². The molecule has 1 fully saturated rings. The molecule has 172 valence electrons. The highest BCUT2D eigenvalue weighted by molar-refractivity contribution is 5.98. The van der Waals surface area contributed by atoms with Crippen molar-refractivity contribution in [2.24, 2.45) is 11.8 Å². The normalized spacial score (nSPS) is 20.5. The van der Waals surface area contributed by atoms with Crippen LogP contribution in [0.5, 0.6) is 0 Å². The number of aromatic nitrogens is 2. The standard InChI is InChI=1S/C24H27N5O4/c1-3-14-5-7-15(8-6-14)18-17(13-25)21(30)26-20-19(18)22(31)28-24(27-20)29-11-9-16(10-12-29)23(32)33-4-2/h5-8,16-18H,3-4,9-12H2,1-2H3,(H2,26,27,28,30,31). The summed E-state index contributed by atoms with van der Waals surface area (Å²) in [4.78, 5) is 47.2. The number of hydrogen-bond donors (Lipinski definition) is 2. The minimum Gasteiger partial charge on any atom is -0.466 e. The molecular formula is C24H27N5O4. The van der Waals surface area contributed by atoms with Gasteiger partial charge in [-0.3, -0.25) is 19.4 Å². The van der Waals surface area contributed by atoms with Crippen LogP contribution in [-0.4, -0.2) is 41.5 Å². The summed E-state index contributed by atoms with van der Waals surface area (Å²) in [7, 11) is 0. The van der Waals surface area contributed by atoms with Crippen molar-refractivity contribution < 1.29 is 14.3 Å². The number of hydrogen-bond acceptors (Lipinski definition) is 7. The fraction of sp³-hybridized carbons (Fsp3) is 0.458. The molecule has 4 rings (SSSR count). The van der Waals surface area contributed by atoms with Crippen LogP contribution in [0.15, 0.2) is 29.1 Å². The second-order valence-electron chi connectivity index (χ2n) is 8.33. The molecule has 1 aromatic carbocycles. The van der Waals surface area contributed by atoms with Crippen LogP contribution in [0.3, 0.4) is 0 Å². The number of carbonyl (C=O) groups is 2. The Kier molecular flexibility index (Phi) is 6.45. The number of anilines is 2. The lowest BCUT2D eigenvalue weighted by molar-refractivity contribution is -0.148. The molecule has 2 aliphatic heterocycles. The van der Waals surface area contributed by atoms with E-state index in [0.717, 1.165) is 17.5 Å². The maximum atomic E-state index is 13.2. The first-order valence-corrected chi connectivity index (χ1v) is 11.3. The van der Waals surface area contributed by atoms with Crippen molar-refractivity contribution in [1.29, 1.82) is 5.26 Å². The summed E-state index contributed by atoms with van der Waals surface area (Å²) in [5.74, 6) is -2.05. The summed E-state index contributed by atoms with van der Waals surface area (Å²) < 4.78 is 5.11. The Morgan fingerprint density at radius 2 is 1.91 bits per heavy atom. The van der Waals surface area contributed by atoms with Gasteiger partial charge < -0.3 is 15.0 Å². The van der Waals surface area contributed by atoms with E-state index in [1.165, 1.54) is 0 Å². The number of ether oxygens (including phenoxy) is 1. The average Bonchev–Trinajstić information content (AvgIpc) is 2.83. The van der Waals surface area contributed by atoms with Crippen LogP contribution in [0.25, 0.3) is 0 Å². The van der Waals surface area contributed by atoms with Gasteiger partial charge in [0.15, 0.2) is 0 Å². The third-order valence-corrected chi connectivity index (χ3v) is 6.41. The molecule has 2 aliphatic rings. The van der Waals surface area contributed by atoms with E-state index in [-0.39, 0.29) is 28.8 Å². The minimum atomic E-state index is -1.03. The number of fused-ring (bicyclic) bond motifs is 1. The SMILES string of the molecule is CCOC(=O)C1CCN(c2nc3c(c(=O)[nH]2)C(c2ccc(CC)cc2)C(C#N)C(=O)N3)CC1. The van der Waals surface area contributed by atoms with Gasteiger partial charge in [0.1, 0.15) is 11.7 Å². The van der Waals surface area contributed by atoms with Gasteiger partial charge in [-0.15, -0.1) is 0 Å². The van der Waals surface area contributed by atoms with Gasteiger partial charge in [-0.25, -0.2) is 0 Å². The maximum Gasteiger partial charge on any atom is 0.309 e. The number of piperidine rings is 1. The smallest absolute Gasteiger partial charge is 0.309 e. The van der Waals surface area contributed by atoms with Gasteiger partial charge in [-0.2, -0.15) is 10.2 Å². The molecule has 0 bridgehead atoms. The lowest BCUT2D eigenvalue weighted by Gasteiger charge is -2.33. The molecule has 9 nitrogen and oxygen atoms in total. The van der Waals surface area contributed by atoms with Gasteiger partial charge in [0.25, 0.3) is 5.56 Å². The third-order valence-electron chi connectivity index (χ3n) is 6.41. The number of nitriles is 1. The van der Waals surface area contributed by atoms with Crippen molar-refractivity contribution in [2.75, 3.05) is 29.9 Å². The Labute approximate surface area is 191 Å². The van der Waals surface area contributed by atoms with Gasteiger partial charge in [-0.05, 0) is 37.3 Å². The molecule has 2 atom stereocenters. The highest BCUT2D eigenvalue weighted by Crippen LogP contribution is 2.38. The van der Waals surface area contributed by atoms with Crippen LogP contribution in [0.2, 0.25) is 0 Å². The van der Waals surface area contributed by atoms with Gasteiger partial charge in [0.2, 0.25) is 11.9 Å². The highest BCUT2D eigenvalue weighted by atomic mass is 16.5. The number of aryl methyl sites for hydroxylation is 1. The first kappa shape index (κ1) is 22.5. The van der Waals surface area contributed by atoms with Crippen LogP contribution >= 0.6 is 0 Å². The summed E-state index contributed by atoms with van der Waals surface area (Å²) >= 11 is 0. The summed E-state index contributed by atoms with van der Waals surface area (Å²) in [5, 5.41) is 12.3. The van der Waals surface area contributed by atoms with Crippen LogP contribution in [0, 0.1) is 23.2 Å². The number of amides is 1. The van der Waals surface area contributed by atoms with Crippen molar-refractivity contribution >= 4 is 23.6 Å². The van der Waals surface area contributed by atoms with E-state index in [1.807, 2.05) is 36.1 Å². The zero-order chi connectivity index (χ0) is 23.5. The van der Waals surface area contributed by atoms with Crippen LogP contribution < -0.4 is 15.8 Å². The first-order valence-electron chi connectivity index (χ1n) is 11.3. The molecule has 2 N–H and O–H groups in total. The first-order chi connectivity index (χ1) is 16.0. The number of nitrogens with zero attached hydrogens (tertiary/aromatic N) is 3. The number of nitrogens with one attached hydrogen (secondary N) is 2. The van der Waals surface area contributed by atoms with E-state index in [1.54, 1.807) is 6.92 Å². The minimum absolute atomic E-state index is 0.169. The maximum absolute atomic E-state index is 13.2. The molecule has 0 radical (unpaired) electrons. The predicted molar refractivity (Wildman–Crippen MR) is 122 cm³/mol. The summed E-state index contributed by atoms with van der Waals surface area (Å²) in [6, 6.07) is 9.67. The van der Waals surface area contributed by atoms with Crippen molar-refractivity contribution in [3.63, 3.8) is 0 Å². The van der Waals surface area contributed by atoms with E-state index < -0.39 is 17.7 Å². The molecule has 1 aromatic heterocycles. The molecule has 9 heteroatoms. The summed E-state index contributed by atoms with van der Waals surface area (Å²) in [6.45, 7) is 5.24. The zero-order valence-electron chi connectivity index (χ0n) is 18.8. The number of benzene rings is 1. The van der Waals surface area contributed by atoms with Gasteiger partial charge in [0.05, 0.1) is 24.2 Å². The zero-order valence-corrected chi connectivity index (χ0v) is 18.8. The van der Waals surface area contributed by atoms with Gasteiger partial charge in [-0.1, -0.05) is 31.2 Å². The second kappa shape index (κ2) is 9.45. The Morgan fingerprint density at radius 1 is 1.21 bits per heavy atom. The molecule has 1 saturated heterocycles. The van der Waals surface area contributed by atoms with E-state index in [9.17, 15) is 19.6 Å². The predicted octanol–water partition coefficient (Wildman–Crippen LogP) is 2.34. The molecule has 1 amide bonds. The van der Waals surface area contributed by atoms with Crippen molar-refractivity contribution in [2.45, 2.75) is 39.0 Å². The van der Waals surface area contributed by atoms with E-state index in [4.69, 9.17) is 4.74 Å². The largest absolute Gasteiger partial charge is 0.466 e. The lowest BCUT2D eigenvalue weighted by atomic mass is 9.79. The average molecular weight is 450 g/mol. The van der Waals surface area contributed by atoms with Gasteiger partial charge >= 0.3 is 5.97 Å². The molecule has 0 spiro atoms. The Hall–Kier alpha value is -3.67. The quantitative estimate of drug-likeness (QED) is 0.671. The number of aromatic amines is 1. The Balaban J connectivity index is 1.65. The van der Waals surface area contributed by atoms with E-state index in [0.29, 0.717) is 38.5 Å². The number of esters is 1. The molecule has 0 aliphatic carbocycles. The molecule has 2 unspecified atom stereocenters. The van der Waals surface area contributed by atoms with Crippen LogP contribution in [0.4, 0.5) is 11.8 Å². The lowest BCUT2D eigenvalue weighted by Crippen LogP contribution is -2.41. The number of carbonyl (C=O) groups excluding carboxylic acids is 2. The van der Waals surface area contributed by atoms with Crippen molar-refractivity contribution in [3.05, 3.63) is 51.3 Å². The highest BCUT2D eigenvalue weighted by Gasteiger charge is 2.40. The molecule has 33 heavy (non-hydrogen) atoms. The number of rotatable bonds is 5. The Bertz CT molecular complexity index is 1140. The Morgan fingerprint density at radius 3 is 2.52 bits per heavy atom. The fourth-order valence-electron chi connectivity index (χ4n) is 4.56. The molecule has 3 heterocycles.